The van der Waals surface area contributed by atoms with Crippen molar-refractivity contribution >= 4 is 92.9 Å². The lowest BCUT2D eigenvalue weighted by Crippen LogP contribution is -2.15. The molecule has 454 valence electrons. The number of para-hydroxylation sites is 8. The largest absolute Gasteiger partial charge is 0.316 e. The predicted octanol–water partition coefficient (Wildman–Crippen LogP) is 24.5. The Morgan fingerprint density at radius 3 is 0.724 bits per heavy atom. The summed E-state index contributed by atoms with van der Waals surface area (Å²) < 4.78 is 9.62. The van der Waals surface area contributed by atoms with Crippen LogP contribution in [-0.2, 0) is 0 Å². The molecule has 15 aromatic carbocycles. The maximum atomic E-state index is 13.7. The molecule has 0 aliphatic rings. The Morgan fingerprint density at radius 1 is 0.224 bits per heavy atom. The van der Waals surface area contributed by atoms with Crippen LogP contribution in [0.3, 0.4) is 0 Å². The van der Waals surface area contributed by atoms with Gasteiger partial charge < -0.3 is 18.3 Å². The van der Waals surface area contributed by atoms with E-state index in [-0.39, 0.29) is 0 Å². The molecule has 6 heteroatoms. The number of fused-ring (bicyclic) bond motifs is 12. The van der Waals surface area contributed by atoms with Gasteiger partial charge in [-0.3, -0.25) is 0 Å². The number of rotatable bonds is 10. The first-order chi connectivity index (χ1) is 48.7. The minimum atomic E-state index is 0.295. The lowest BCUT2D eigenvalue weighted by atomic mass is 9.98. The highest BCUT2D eigenvalue weighted by Gasteiger charge is 2.37. The van der Waals surface area contributed by atoms with E-state index < -0.39 is 0 Å². The summed E-state index contributed by atoms with van der Waals surface area (Å²) in [7, 11) is 0. The molecule has 0 atom stereocenters. The summed E-state index contributed by atoms with van der Waals surface area (Å²) in [5, 5.41) is 21.7. The molecule has 19 aromatic rings. The van der Waals surface area contributed by atoms with Crippen LogP contribution in [0.2, 0.25) is 0 Å². The second-order valence-electron chi connectivity index (χ2n) is 25.1. The van der Waals surface area contributed by atoms with E-state index in [0.717, 1.165) is 154 Å². The Labute approximate surface area is 565 Å². The zero-order valence-corrected chi connectivity index (χ0v) is 53.0. The minimum absolute atomic E-state index is 0.295. The number of aromatic nitrogens is 4. The van der Waals surface area contributed by atoms with Gasteiger partial charge in [0.05, 0.1) is 79.0 Å². The van der Waals surface area contributed by atoms with Crippen molar-refractivity contribution in [2.75, 3.05) is 0 Å². The lowest BCUT2D eigenvalue weighted by molar-refractivity contribution is 1.03. The molecule has 0 unspecified atom stereocenters. The van der Waals surface area contributed by atoms with Crippen molar-refractivity contribution in [2.45, 2.75) is 0 Å². The molecule has 0 aliphatic carbocycles. The smallest absolute Gasteiger partial charge is 0.237 e. The first kappa shape index (κ1) is 56.1. The highest BCUT2D eigenvalue weighted by Crippen LogP contribution is 2.56. The molecule has 0 saturated carbocycles. The summed E-state index contributed by atoms with van der Waals surface area (Å²) in [6, 6.07) is 124. The summed E-state index contributed by atoms with van der Waals surface area (Å²) in [6.07, 6.45) is 0. The number of nitrogens with zero attached hydrogens (tertiary/aromatic N) is 6. The lowest BCUT2D eigenvalue weighted by Gasteiger charge is -2.29. The second kappa shape index (κ2) is 22.6. The van der Waals surface area contributed by atoms with Crippen LogP contribution >= 0.6 is 0 Å². The quantitative estimate of drug-likeness (QED) is 0.126. The third-order valence-electron chi connectivity index (χ3n) is 20.0. The Hall–Kier alpha value is -13.5. The van der Waals surface area contributed by atoms with Gasteiger partial charge in [0.15, 0.2) is 0 Å². The van der Waals surface area contributed by atoms with Gasteiger partial charge in [0.25, 0.3) is 0 Å². The normalized spacial score (nSPS) is 11.7. The van der Waals surface area contributed by atoms with Crippen molar-refractivity contribution < 1.29 is 0 Å². The molecule has 0 saturated heterocycles. The molecule has 0 bridgehead atoms. The van der Waals surface area contributed by atoms with Crippen LogP contribution in [0.15, 0.2) is 340 Å². The standard InChI is InChI=1S/C92H56N6/c1-94-82-89(96-83-65(59-30-8-2-9-31-59)44-24-50-73(83)74-51-25-45-66(84(74)96)60-32-10-3-11-33-60)79(58-93)90(97-85-67(61-34-12-4-13-35-61)46-26-52-75(85)76-53-27-47-68(86(76)97)62-36-14-5-15-37-62)92(95-80-56-22-20-42-71(80)72-43-21-23-57-81(72)95)91(82)98-87-69(63-38-16-6-17-39-63)48-28-54-77(87)78-55-29-49-70(88(78)98)64-40-18-7-19-41-64/h2-57H. The average Bonchev–Trinajstić information content (AvgIpc) is 1.45. The van der Waals surface area contributed by atoms with E-state index in [9.17, 15) is 11.8 Å². The molecule has 0 amide bonds. The second-order valence-corrected chi connectivity index (χ2v) is 25.1. The summed E-state index contributed by atoms with van der Waals surface area (Å²) in [4.78, 5) is 5.17. The van der Waals surface area contributed by atoms with Gasteiger partial charge >= 0.3 is 0 Å². The topological polar surface area (TPSA) is 47.9 Å². The van der Waals surface area contributed by atoms with Crippen LogP contribution in [0.5, 0.6) is 0 Å². The van der Waals surface area contributed by atoms with Crippen LogP contribution in [0.4, 0.5) is 5.69 Å². The molecule has 4 heterocycles. The van der Waals surface area contributed by atoms with Gasteiger partial charge in [0.2, 0.25) is 5.69 Å². The molecule has 0 N–H and O–H groups in total. The zero-order valence-electron chi connectivity index (χ0n) is 53.0. The fourth-order valence-electron chi connectivity index (χ4n) is 16.0. The molecule has 0 fully saturated rings. The van der Waals surface area contributed by atoms with Gasteiger partial charge in [0.1, 0.15) is 6.07 Å². The van der Waals surface area contributed by atoms with Gasteiger partial charge in [-0.1, -0.05) is 328 Å². The van der Waals surface area contributed by atoms with Crippen LogP contribution in [0.25, 0.3) is 182 Å². The number of benzene rings is 15. The summed E-state index contributed by atoms with van der Waals surface area (Å²) >= 11 is 0. The Kier molecular flexibility index (Phi) is 12.9. The van der Waals surface area contributed by atoms with Crippen molar-refractivity contribution in [3.8, 4) is 95.6 Å². The van der Waals surface area contributed by atoms with Crippen LogP contribution in [0.1, 0.15) is 5.56 Å². The third kappa shape index (κ3) is 8.32. The van der Waals surface area contributed by atoms with Gasteiger partial charge in [0, 0.05) is 76.5 Å². The Bertz CT molecular complexity index is 5940. The molecule has 98 heavy (non-hydrogen) atoms. The molecule has 6 nitrogen and oxygen atoms in total. The van der Waals surface area contributed by atoms with Crippen LogP contribution < -0.4 is 0 Å². The fraction of sp³-hybridized carbons (Fsp3) is 0. The highest BCUT2D eigenvalue weighted by molar-refractivity contribution is 6.23. The molecule has 19 rings (SSSR count). The van der Waals surface area contributed by atoms with E-state index in [1.165, 1.54) is 0 Å². The fourth-order valence-corrected chi connectivity index (χ4v) is 16.0. The van der Waals surface area contributed by atoms with Gasteiger partial charge in [-0.2, -0.15) is 5.26 Å². The van der Waals surface area contributed by atoms with E-state index in [4.69, 9.17) is 4.85 Å². The van der Waals surface area contributed by atoms with Crippen molar-refractivity contribution in [3.63, 3.8) is 0 Å². The van der Waals surface area contributed by atoms with E-state index >= 15 is 0 Å². The molecular weight excluding hydrogens is 1190 g/mol. The summed E-state index contributed by atoms with van der Waals surface area (Å²) in [5.74, 6) is 0. The monoisotopic (exact) mass is 1240 g/mol. The maximum Gasteiger partial charge on any atom is 0.237 e. The van der Waals surface area contributed by atoms with Crippen molar-refractivity contribution in [1.29, 1.82) is 5.26 Å². The van der Waals surface area contributed by atoms with Gasteiger partial charge in [-0.05, 0) is 45.5 Å². The summed E-state index contributed by atoms with van der Waals surface area (Å²) in [6.45, 7) is 10.6. The highest BCUT2D eigenvalue weighted by atomic mass is 15.1. The third-order valence-corrected chi connectivity index (χ3v) is 20.0. The summed E-state index contributed by atoms with van der Waals surface area (Å²) in [5.41, 5.74) is 22.1. The van der Waals surface area contributed by atoms with Crippen molar-refractivity contribution in [2.24, 2.45) is 0 Å². The number of nitriles is 1. The van der Waals surface area contributed by atoms with E-state index in [2.05, 4.69) is 364 Å². The zero-order chi connectivity index (χ0) is 65.0. The Balaban J connectivity index is 1.18. The predicted molar refractivity (Wildman–Crippen MR) is 407 cm³/mol. The molecule has 0 radical (unpaired) electrons. The molecule has 4 aromatic heterocycles. The van der Waals surface area contributed by atoms with Crippen molar-refractivity contribution in [3.05, 3.63) is 357 Å². The average molecular weight is 1250 g/mol. The van der Waals surface area contributed by atoms with Gasteiger partial charge in [-0.25, -0.2) is 4.85 Å². The molecular formula is C92H56N6. The molecule has 0 aliphatic heterocycles. The van der Waals surface area contributed by atoms with E-state index in [1.54, 1.807) is 0 Å². The van der Waals surface area contributed by atoms with E-state index in [0.29, 0.717) is 34.0 Å². The van der Waals surface area contributed by atoms with Gasteiger partial charge in [-0.15, -0.1) is 0 Å². The van der Waals surface area contributed by atoms with E-state index in [1.807, 2.05) is 0 Å². The van der Waals surface area contributed by atoms with Crippen LogP contribution in [0, 0.1) is 17.9 Å². The molecule has 0 spiro atoms. The number of hydrogen-bond acceptors (Lipinski definition) is 1. The maximum absolute atomic E-state index is 13.7. The van der Waals surface area contributed by atoms with Crippen LogP contribution in [-0.4, -0.2) is 18.3 Å². The first-order valence-corrected chi connectivity index (χ1v) is 33.2. The van der Waals surface area contributed by atoms with Crippen molar-refractivity contribution in [1.82, 2.24) is 18.3 Å². The first-order valence-electron chi connectivity index (χ1n) is 33.2. The SMILES string of the molecule is [C-]#[N+]c1c(-n2c3c(-c4ccccc4)cccc3c3cccc(-c4ccccc4)c32)c(C#N)c(-n2c3c(-c4ccccc4)cccc3c3cccc(-c4ccccc4)c32)c(-n2c3ccccc3c3ccccc32)c1-n1c2c(-c3ccccc3)cccc2c2cccc(-c3ccccc3)c21. The minimum Gasteiger partial charge on any atom is -0.316 e. The number of hydrogen-bond donors (Lipinski definition) is 0. The Morgan fingerprint density at radius 2 is 0.459 bits per heavy atom.